The first kappa shape index (κ1) is 9.38. The minimum Gasteiger partial charge on any atom is -0.298 e. The third kappa shape index (κ3) is 1.01. The predicted molar refractivity (Wildman–Crippen MR) is 60.3 cm³/mol. The highest BCUT2D eigenvalue weighted by atomic mass is 16.1. The van der Waals surface area contributed by atoms with Crippen molar-refractivity contribution in [2.45, 2.75) is 33.1 Å². The molecule has 15 heavy (non-hydrogen) atoms. The summed E-state index contributed by atoms with van der Waals surface area (Å²) in [6.45, 7) is 4.51. The van der Waals surface area contributed by atoms with Crippen molar-refractivity contribution in [2.24, 2.45) is 23.2 Å². The molecule has 0 aromatic carbocycles. The van der Waals surface area contributed by atoms with Crippen LogP contribution in [0.25, 0.3) is 0 Å². The molecule has 80 valence electrons. The van der Waals surface area contributed by atoms with Gasteiger partial charge in [-0.2, -0.15) is 0 Å². The van der Waals surface area contributed by atoms with Crippen LogP contribution in [0.3, 0.4) is 0 Å². The van der Waals surface area contributed by atoms with Crippen LogP contribution in [0, 0.1) is 23.2 Å². The minimum atomic E-state index is -0.000972. The lowest BCUT2D eigenvalue weighted by Gasteiger charge is -2.30. The second kappa shape index (κ2) is 2.84. The number of hydrogen-bond donors (Lipinski definition) is 0. The molecule has 1 heteroatoms. The summed E-state index contributed by atoms with van der Waals surface area (Å²) in [6.07, 6.45) is 9.81. The lowest BCUT2D eigenvalue weighted by atomic mass is 9.71. The van der Waals surface area contributed by atoms with E-state index in [1.165, 1.54) is 0 Å². The molecule has 1 nitrogen and oxygen atoms in total. The van der Waals surface area contributed by atoms with E-state index in [1.807, 2.05) is 0 Å². The Morgan fingerprint density at radius 2 is 2.20 bits per heavy atom. The zero-order valence-electron chi connectivity index (χ0n) is 9.49. The molecule has 0 aromatic heterocycles. The first-order valence-electron chi connectivity index (χ1n) is 6.06. The van der Waals surface area contributed by atoms with Gasteiger partial charge in [-0.05, 0) is 31.1 Å². The highest BCUT2D eigenvalue weighted by Gasteiger charge is 2.57. The maximum atomic E-state index is 12.3. The molecule has 0 saturated heterocycles. The number of hydrogen-bond acceptors (Lipinski definition) is 1. The van der Waals surface area contributed by atoms with Crippen molar-refractivity contribution in [1.82, 2.24) is 0 Å². The largest absolute Gasteiger partial charge is 0.298 e. The fourth-order valence-electron chi connectivity index (χ4n) is 3.84. The van der Waals surface area contributed by atoms with Crippen LogP contribution in [0.15, 0.2) is 23.8 Å². The van der Waals surface area contributed by atoms with E-state index >= 15 is 0 Å². The summed E-state index contributed by atoms with van der Waals surface area (Å²) in [5.41, 5.74) is 1.55. The van der Waals surface area contributed by atoms with Crippen LogP contribution in [0.4, 0.5) is 0 Å². The van der Waals surface area contributed by atoms with E-state index in [2.05, 4.69) is 32.1 Å². The van der Waals surface area contributed by atoms with Gasteiger partial charge in [0.05, 0.1) is 0 Å². The van der Waals surface area contributed by atoms with E-state index in [0.29, 0.717) is 17.6 Å². The number of carbonyl (C=O) groups is 1. The van der Waals surface area contributed by atoms with Gasteiger partial charge in [0.2, 0.25) is 0 Å². The zero-order valence-corrected chi connectivity index (χ0v) is 9.49. The molecule has 0 heterocycles. The number of fused-ring (bicyclic) bond motifs is 1. The molecule has 1 spiro atoms. The topological polar surface area (TPSA) is 17.1 Å². The maximum Gasteiger partial charge on any atom is 0.147 e. The first-order valence-corrected chi connectivity index (χ1v) is 6.06. The van der Waals surface area contributed by atoms with Gasteiger partial charge in [-0.25, -0.2) is 0 Å². The molecular formula is C14H18O. The van der Waals surface area contributed by atoms with Gasteiger partial charge in [0.15, 0.2) is 0 Å². The molecule has 1 saturated carbocycles. The summed E-state index contributed by atoms with van der Waals surface area (Å²) >= 11 is 0. The van der Waals surface area contributed by atoms with Gasteiger partial charge >= 0.3 is 0 Å². The van der Waals surface area contributed by atoms with Crippen molar-refractivity contribution in [3.05, 3.63) is 23.8 Å². The molecule has 3 atom stereocenters. The third-order valence-corrected chi connectivity index (χ3v) is 4.61. The molecule has 0 aliphatic heterocycles. The highest BCUT2D eigenvalue weighted by Crippen LogP contribution is 2.59. The van der Waals surface area contributed by atoms with Crippen molar-refractivity contribution in [3.8, 4) is 0 Å². The smallest absolute Gasteiger partial charge is 0.147 e. The zero-order chi connectivity index (χ0) is 10.6. The van der Waals surface area contributed by atoms with Gasteiger partial charge in [0.1, 0.15) is 5.78 Å². The Bertz CT molecular complexity index is 375. The molecule has 0 aromatic rings. The number of ketones is 1. The Balaban J connectivity index is 2.02. The summed E-state index contributed by atoms with van der Waals surface area (Å²) < 4.78 is 0. The molecule has 2 bridgehead atoms. The fourth-order valence-corrected chi connectivity index (χ4v) is 3.84. The van der Waals surface area contributed by atoms with E-state index in [0.717, 1.165) is 19.3 Å². The Labute approximate surface area is 91.2 Å². The molecule has 0 unspecified atom stereocenters. The van der Waals surface area contributed by atoms with Crippen LogP contribution < -0.4 is 0 Å². The van der Waals surface area contributed by atoms with Gasteiger partial charge in [-0.15, -0.1) is 0 Å². The van der Waals surface area contributed by atoms with Gasteiger partial charge < -0.3 is 0 Å². The number of carbonyl (C=O) groups excluding carboxylic acids is 1. The Morgan fingerprint density at radius 1 is 1.40 bits per heavy atom. The summed E-state index contributed by atoms with van der Waals surface area (Å²) in [5.74, 6) is 1.94. The Kier molecular flexibility index (Phi) is 1.78. The van der Waals surface area contributed by atoms with Crippen LogP contribution >= 0.6 is 0 Å². The Hall–Kier alpha value is -0.850. The van der Waals surface area contributed by atoms with Gasteiger partial charge in [-0.1, -0.05) is 37.6 Å². The third-order valence-electron chi connectivity index (χ3n) is 4.61. The van der Waals surface area contributed by atoms with Crippen molar-refractivity contribution in [3.63, 3.8) is 0 Å². The van der Waals surface area contributed by atoms with E-state index < -0.39 is 0 Å². The van der Waals surface area contributed by atoms with Crippen molar-refractivity contribution < 1.29 is 4.79 Å². The standard InChI is InChI=1S/C14H18O/c1-9(2)11-5-7-14-6-3-4-10(13(14)15)8-12(11)14/h3-5,9-10,12H,6-8H2,1-2H3/t10-,12+,14-/m0/s1. The summed E-state index contributed by atoms with van der Waals surface area (Å²) in [6, 6.07) is 0. The molecule has 0 N–H and O–H groups in total. The molecule has 3 aliphatic rings. The molecule has 3 aliphatic carbocycles. The fraction of sp³-hybridized carbons (Fsp3) is 0.643. The number of allylic oxidation sites excluding steroid dienone is 4. The average molecular weight is 202 g/mol. The summed E-state index contributed by atoms with van der Waals surface area (Å²) in [7, 11) is 0. The molecular weight excluding hydrogens is 184 g/mol. The maximum absolute atomic E-state index is 12.3. The quantitative estimate of drug-likeness (QED) is 0.597. The minimum absolute atomic E-state index is 0.000972. The monoisotopic (exact) mass is 202 g/mol. The highest BCUT2D eigenvalue weighted by molar-refractivity contribution is 5.93. The van der Waals surface area contributed by atoms with Crippen LogP contribution in [-0.2, 0) is 4.79 Å². The van der Waals surface area contributed by atoms with E-state index in [1.54, 1.807) is 5.57 Å². The van der Waals surface area contributed by atoms with Crippen LogP contribution in [-0.4, -0.2) is 5.78 Å². The van der Waals surface area contributed by atoms with Gasteiger partial charge in [0, 0.05) is 11.3 Å². The predicted octanol–water partition coefficient (Wildman–Crippen LogP) is 3.12. The first-order chi connectivity index (χ1) is 7.15. The lowest BCUT2D eigenvalue weighted by Crippen LogP contribution is -2.32. The van der Waals surface area contributed by atoms with E-state index in [9.17, 15) is 4.79 Å². The van der Waals surface area contributed by atoms with Gasteiger partial charge in [-0.3, -0.25) is 4.79 Å². The van der Waals surface area contributed by atoms with Crippen LogP contribution in [0.5, 0.6) is 0 Å². The Morgan fingerprint density at radius 3 is 2.93 bits per heavy atom. The second-order valence-electron chi connectivity index (χ2n) is 5.61. The average Bonchev–Trinajstić information content (AvgIpc) is 2.57. The molecule has 1 fully saturated rings. The lowest BCUT2D eigenvalue weighted by molar-refractivity contribution is -0.128. The van der Waals surface area contributed by atoms with Crippen molar-refractivity contribution >= 4 is 5.78 Å². The van der Waals surface area contributed by atoms with E-state index in [4.69, 9.17) is 0 Å². The second-order valence-corrected chi connectivity index (χ2v) is 5.61. The van der Waals surface area contributed by atoms with E-state index in [-0.39, 0.29) is 11.3 Å². The van der Waals surface area contributed by atoms with Crippen molar-refractivity contribution in [2.75, 3.05) is 0 Å². The molecule has 0 amide bonds. The summed E-state index contributed by atoms with van der Waals surface area (Å²) in [5, 5.41) is 0. The number of rotatable bonds is 1. The van der Waals surface area contributed by atoms with Crippen LogP contribution in [0.2, 0.25) is 0 Å². The van der Waals surface area contributed by atoms with Crippen molar-refractivity contribution in [1.29, 1.82) is 0 Å². The van der Waals surface area contributed by atoms with Gasteiger partial charge in [0.25, 0.3) is 0 Å². The normalized spacial score (nSPS) is 42.3. The number of Topliss-reactive ketones (excluding diaryl/α,β-unsaturated/α-hetero) is 1. The summed E-state index contributed by atoms with van der Waals surface area (Å²) in [4.78, 5) is 12.3. The molecule has 3 rings (SSSR count). The SMILES string of the molecule is CC(C)C1=CC[C@@]23CC=C[C@@H](C[C@H]12)C3=O. The van der Waals surface area contributed by atoms with Crippen LogP contribution in [0.1, 0.15) is 33.1 Å². The molecule has 0 radical (unpaired) electrons.